The summed E-state index contributed by atoms with van der Waals surface area (Å²) in [6.45, 7) is 0. The van der Waals surface area contributed by atoms with Gasteiger partial charge >= 0.3 is 0 Å². The normalized spacial score (nSPS) is 11.9. The van der Waals surface area contributed by atoms with Gasteiger partial charge in [0, 0.05) is 28.5 Å². The number of pyridine rings is 1. The number of carbonyl (C=O) groups is 2. The van der Waals surface area contributed by atoms with Crippen molar-refractivity contribution >= 4 is 18.3 Å². The number of amides is 1. The van der Waals surface area contributed by atoms with Crippen molar-refractivity contribution in [1.82, 2.24) is 4.98 Å². The van der Waals surface area contributed by atoms with Crippen LogP contribution in [0.1, 0.15) is 26.4 Å². The van der Waals surface area contributed by atoms with Gasteiger partial charge in [0.15, 0.2) is 12.0 Å². The Bertz CT molecular complexity index is 1080. The molecule has 2 aromatic carbocycles. The third-order valence-corrected chi connectivity index (χ3v) is 4.27. The summed E-state index contributed by atoms with van der Waals surface area (Å²) < 4.78 is 0. The minimum atomic E-state index is -0.665. The number of aromatic nitrogens is 1. The van der Waals surface area contributed by atoms with Gasteiger partial charge in [0.2, 0.25) is 0 Å². The lowest BCUT2D eigenvalue weighted by molar-refractivity contribution is -0.151. The quantitative estimate of drug-likeness (QED) is 0.568. The Balaban J connectivity index is 2.05. The molecule has 4 rings (SSSR count). The smallest absolute Gasteiger partial charge is 0.267 e. The molecule has 0 saturated heterocycles. The molecule has 2 N–H and O–H groups in total. The highest BCUT2D eigenvalue weighted by Crippen LogP contribution is 2.38. The Morgan fingerprint density at radius 3 is 2.59 bits per heavy atom. The number of hydrogen-bond acceptors (Lipinski definition) is 5. The van der Waals surface area contributed by atoms with Gasteiger partial charge in [-0.2, -0.15) is 0 Å². The molecule has 0 saturated carbocycles. The number of rotatable bonds is 4. The van der Waals surface area contributed by atoms with Crippen molar-refractivity contribution in [2.24, 2.45) is 5.73 Å². The monoisotopic (exact) mass is 358 g/mol. The molecule has 2 heterocycles. The number of fused-ring (bicyclic) bond motifs is 1. The van der Waals surface area contributed by atoms with E-state index in [1.807, 2.05) is 36.4 Å². The van der Waals surface area contributed by atoms with Crippen molar-refractivity contribution in [2.45, 2.75) is 0 Å². The predicted molar refractivity (Wildman–Crippen MR) is 99.8 cm³/mol. The topological polar surface area (TPSA) is 91.5 Å². The molecule has 0 aliphatic carbocycles. The third kappa shape index (κ3) is 2.93. The van der Waals surface area contributed by atoms with E-state index in [9.17, 15) is 9.59 Å². The molecule has 3 aromatic rings. The van der Waals surface area contributed by atoms with Crippen LogP contribution in [0.5, 0.6) is 5.75 Å². The molecule has 1 aliphatic heterocycles. The lowest BCUT2D eigenvalue weighted by Gasteiger charge is -2.17. The van der Waals surface area contributed by atoms with Gasteiger partial charge in [-0.15, -0.1) is 0 Å². The first-order valence-electron chi connectivity index (χ1n) is 8.16. The SMILES string of the molecule is NC(=O)c1ncc(C=O)c(-c2ccc3c(c2)C=COO3)c1-c1ccccc1. The van der Waals surface area contributed by atoms with E-state index in [-0.39, 0.29) is 5.69 Å². The van der Waals surface area contributed by atoms with Gasteiger partial charge in [0.05, 0.1) is 0 Å². The largest absolute Gasteiger partial charge is 0.364 e. The van der Waals surface area contributed by atoms with Crippen LogP contribution in [-0.4, -0.2) is 17.2 Å². The molecule has 1 aromatic heterocycles. The number of nitrogens with two attached hydrogens (primary N) is 1. The summed E-state index contributed by atoms with van der Waals surface area (Å²) in [6, 6.07) is 14.6. The van der Waals surface area contributed by atoms with E-state index < -0.39 is 5.91 Å². The first-order valence-corrected chi connectivity index (χ1v) is 8.16. The average molecular weight is 358 g/mol. The molecule has 0 fully saturated rings. The Morgan fingerprint density at radius 2 is 1.85 bits per heavy atom. The second kappa shape index (κ2) is 6.76. The highest BCUT2D eigenvalue weighted by atomic mass is 17.2. The summed E-state index contributed by atoms with van der Waals surface area (Å²) in [5.74, 6) is -0.110. The van der Waals surface area contributed by atoms with Gasteiger partial charge in [-0.25, -0.2) is 4.98 Å². The van der Waals surface area contributed by atoms with Crippen LogP contribution in [0, 0.1) is 0 Å². The Morgan fingerprint density at radius 1 is 1.04 bits per heavy atom. The second-order valence-corrected chi connectivity index (χ2v) is 5.90. The zero-order chi connectivity index (χ0) is 18.8. The van der Waals surface area contributed by atoms with Crippen LogP contribution in [0.3, 0.4) is 0 Å². The molecule has 0 spiro atoms. The summed E-state index contributed by atoms with van der Waals surface area (Å²) in [6.07, 6.45) is 5.26. The number of nitrogens with zero attached hydrogens (tertiary/aromatic N) is 1. The molecule has 6 heteroatoms. The maximum Gasteiger partial charge on any atom is 0.267 e. The Labute approximate surface area is 154 Å². The summed E-state index contributed by atoms with van der Waals surface area (Å²) in [5.41, 5.74) is 9.39. The molecule has 1 aliphatic rings. The van der Waals surface area contributed by atoms with Crippen LogP contribution in [-0.2, 0) is 4.89 Å². The zero-order valence-corrected chi connectivity index (χ0v) is 14.1. The lowest BCUT2D eigenvalue weighted by atomic mass is 9.89. The zero-order valence-electron chi connectivity index (χ0n) is 14.1. The number of benzene rings is 2. The molecule has 1 amide bonds. The van der Waals surface area contributed by atoms with Gasteiger partial charge in [-0.3, -0.25) is 19.4 Å². The van der Waals surface area contributed by atoms with E-state index in [0.29, 0.717) is 28.7 Å². The molecular weight excluding hydrogens is 344 g/mol. The maximum atomic E-state index is 12.0. The second-order valence-electron chi connectivity index (χ2n) is 5.90. The molecule has 0 radical (unpaired) electrons. The van der Waals surface area contributed by atoms with Crippen LogP contribution < -0.4 is 10.6 Å². The number of hydrogen-bond donors (Lipinski definition) is 1. The minimum absolute atomic E-state index is 0.106. The predicted octanol–water partition coefficient (Wildman–Crippen LogP) is 3.62. The molecule has 0 bridgehead atoms. The molecule has 0 atom stereocenters. The number of carbonyl (C=O) groups excluding carboxylic acids is 2. The first kappa shape index (κ1) is 16.5. The Hall–Kier alpha value is -3.93. The van der Waals surface area contributed by atoms with Gasteiger partial charge in [-0.05, 0) is 29.3 Å². The molecule has 132 valence electrons. The van der Waals surface area contributed by atoms with Crippen LogP contribution in [0.4, 0.5) is 0 Å². The minimum Gasteiger partial charge on any atom is -0.364 e. The first-order chi connectivity index (χ1) is 13.2. The van der Waals surface area contributed by atoms with Crippen molar-refractivity contribution < 1.29 is 19.4 Å². The summed E-state index contributed by atoms with van der Waals surface area (Å²) in [4.78, 5) is 37.8. The van der Waals surface area contributed by atoms with Crippen molar-refractivity contribution in [3.63, 3.8) is 0 Å². The Kier molecular flexibility index (Phi) is 4.14. The van der Waals surface area contributed by atoms with Crippen molar-refractivity contribution in [3.8, 4) is 28.0 Å². The number of primary amides is 1. The standard InChI is InChI=1S/C21H14N2O4/c22-21(25)20-19(13-4-2-1-3-5-13)18(16(12-24)11-23-20)15-6-7-17-14(10-15)8-9-26-27-17/h1-12H,(H2,22,25). The van der Waals surface area contributed by atoms with Crippen molar-refractivity contribution in [2.75, 3.05) is 0 Å². The van der Waals surface area contributed by atoms with E-state index in [1.165, 1.54) is 12.5 Å². The summed E-state index contributed by atoms with van der Waals surface area (Å²) >= 11 is 0. The lowest BCUT2D eigenvalue weighted by Crippen LogP contribution is -2.16. The van der Waals surface area contributed by atoms with Crippen LogP contribution in [0.15, 0.2) is 61.0 Å². The highest BCUT2D eigenvalue weighted by Gasteiger charge is 2.22. The fourth-order valence-corrected chi connectivity index (χ4v) is 3.09. The van der Waals surface area contributed by atoms with E-state index >= 15 is 0 Å². The molecule has 27 heavy (non-hydrogen) atoms. The van der Waals surface area contributed by atoms with E-state index in [2.05, 4.69) is 4.98 Å². The van der Waals surface area contributed by atoms with Gasteiger partial charge in [0.25, 0.3) is 5.91 Å². The number of aldehydes is 1. The molecule has 0 unspecified atom stereocenters. The van der Waals surface area contributed by atoms with E-state index in [4.69, 9.17) is 15.5 Å². The third-order valence-electron chi connectivity index (χ3n) is 4.27. The fourth-order valence-electron chi connectivity index (χ4n) is 3.09. The van der Waals surface area contributed by atoms with Gasteiger partial charge < -0.3 is 5.73 Å². The van der Waals surface area contributed by atoms with Crippen molar-refractivity contribution in [1.29, 1.82) is 0 Å². The van der Waals surface area contributed by atoms with E-state index in [1.54, 1.807) is 18.2 Å². The fraction of sp³-hybridized carbons (Fsp3) is 0. The average Bonchev–Trinajstić information content (AvgIpc) is 2.72. The highest BCUT2D eigenvalue weighted by molar-refractivity contribution is 6.06. The summed E-state index contributed by atoms with van der Waals surface area (Å²) in [7, 11) is 0. The van der Waals surface area contributed by atoms with E-state index in [0.717, 1.165) is 16.7 Å². The maximum absolute atomic E-state index is 12.0. The van der Waals surface area contributed by atoms with Crippen molar-refractivity contribution in [3.05, 3.63) is 77.8 Å². The van der Waals surface area contributed by atoms with Crippen LogP contribution in [0.2, 0.25) is 0 Å². The van der Waals surface area contributed by atoms with Crippen LogP contribution in [0.25, 0.3) is 28.3 Å². The van der Waals surface area contributed by atoms with Gasteiger partial charge in [0.1, 0.15) is 12.0 Å². The molecule has 6 nitrogen and oxygen atoms in total. The van der Waals surface area contributed by atoms with Gasteiger partial charge in [-0.1, -0.05) is 36.4 Å². The summed E-state index contributed by atoms with van der Waals surface area (Å²) in [5, 5.41) is 0. The van der Waals surface area contributed by atoms with Crippen LogP contribution >= 0.6 is 0 Å². The molecular formula is C21H14N2O4.